The summed E-state index contributed by atoms with van der Waals surface area (Å²) >= 11 is 0. The molecule has 0 saturated heterocycles. The maximum absolute atomic E-state index is 13.5. The predicted molar refractivity (Wildman–Crippen MR) is 177 cm³/mol. The third kappa shape index (κ3) is 10.4. The number of aliphatic imine (C=N–C) groups is 1. The molecule has 3 unspecified atom stereocenters. The molecule has 0 fully saturated rings. The quantitative estimate of drug-likeness (QED) is 0.206. The van der Waals surface area contributed by atoms with Gasteiger partial charge >= 0.3 is 0 Å². The van der Waals surface area contributed by atoms with E-state index in [0.29, 0.717) is 5.92 Å². The Balaban J connectivity index is 1.81. The van der Waals surface area contributed by atoms with E-state index in [-0.39, 0.29) is 17.6 Å². The van der Waals surface area contributed by atoms with Crippen molar-refractivity contribution < 1.29 is 4.79 Å². The van der Waals surface area contributed by atoms with Crippen molar-refractivity contribution in [1.29, 1.82) is 0 Å². The number of carbonyl (C=O) groups excluding carboxylic acids is 1. The highest BCUT2D eigenvalue weighted by atomic mass is 16.1. The first-order valence-electron chi connectivity index (χ1n) is 15.8. The van der Waals surface area contributed by atoms with E-state index in [1.54, 1.807) is 6.08 Å². The molecular weight excluding hydrogens is 500 g/mol. The second-order valence-electron chi connectivity index (χ2n) is 12.0. The van der Waals surface area contributed by atoms with Crippen molar-refractivity contribution in [3.8, 4) is 0 Å². The Kier molecular flexibility index (Phi) is 13.5. The van der Waals surface area contributed by atoms with Gasteiger partial charge < -0.3 is 4.90 Å². The number of aryl methyl sites for hydroxylation is 1. The summed E-state index contributed by atoms with van der Waals surface area (Å²) in [6, 6.07) is 19.6. The van der Waals surface area contributed by atoms with Crippen LogP contribution in [0.5, 0.6) is 0 Å². The monoisotopic (exact) mass is 552 g/mol. The minimum atomic E-state index is -0.229. The molecule has 3 nitrogen and oxygen atoms in total. The molecule has 1 aliphatic rings. The molecule has 3 atom stereocenters. The Hall–Kier alpha value is -3.04. The van der Waals surface area contributed by atoms with Gasteiger partial charge in [0.15, 0.2) is 5.78 Å². The van der Waals surface area contributed by atoms with Gasteiger partial charge in [-0.25, -0.2) is 0 Å². The zero-order valence-corrected chi connectivity index (χ0v) is 26.4. The van der Waals surface area contributed by atoms with Crippen LogP contribution in [0.3, 0.4) is 0 Å². The van der Waals surface area contributed by atoms with Gasteiger partial charge in [-0.1, -0.05) is 94.3 Å². The van der Waals surface area contributed by atoms with E-state index in [4.69, 9.17) is 4.99 Å². The number of benzene rings is 2. The lowest BCUT2D eigenvalue weighted by molar-refractivity contribution is -0.117. The van der Waals surface area contributed by atoms with Gasteiger partial charge in [-0.3, -0.25) is 9.79 Å². The molecule has 0 spiro atoms. The molecule has 3 heteroatoms. The molecule has 0 amide bonds. The first kappa shape index (κ1) is 32.5. The minimum absolute atomic E-state index is 0.130. The summed E-state index contributed by atoms with van der Waals surface area (Å²) in [7, 11) is 2.21. The second-order valence-corrected chi connectivity index (χ2v) is 12.0. The smallest absolute Gasteiger partial charge is 0.163 e. The van der Waals surface area contributed by atoms with Crippen LogP contribution in [-0.4, -0.2) is 36.5 Å². The van der Waals surface area contributed by atoms with Crippen LogP contribution in [0.1, 0.15) is 89.3 Å². The van der Waals surface area contributed by atoms with Crippen molar-refractivity contribution in [2.24, 2.45) is 16.8 Å². The molecule has 0 aromatic heterocycles. The normalized spacial score (nSPS) is 18.5. The number of rotatable bonds is 15. The van der Waals surface area contributed by atoms with E-state index in [2.05, 4.69) is 106 Å². The van der Waals surface area contributed by atoms with Crippen LogP contribution < -0.4 is 0 Å². The molecule has 3 rings (SSSR count). The van der Waals surface area contributed by atoms with Gasteiger partial charge in [-0.15, -0.1) is 0 Å². The third-order valence-electron chi connectivity index (χ3n) is 8.20. The standard InChI is InChI=1S/C38H52N2O/c1-7-14-29(4)26-35(34-16-11-10-12-17-34)36-28-37(33(9-3)22-23-38(36)41)39-30(5)27-32-20-18-31(19-21-32)15-13-25-40(6)24-8-2/h9-12,16-23,28-29,35-36H,7-8,13-15,24-27H2,1-6H3/b33-9-,39-30?. The summed E-state index contributed by atoms with van der Waals surface area (Å²) in [6.45, 7) is 13.2. The van der Waals surface area contributed by atoms with Gasteiger partial charge in [0.25, 0.3) is 0 Å². The first-order chi connectivity index (χ1) is 19.8. The van der Waals surface area contributed by atoms with E-state index in [9.17, 15) is 4.79 Å². The first-order valence-corrected chi connectivity index (χ1v) is 15.8. The highest BCUT2D eigenvalue weighted by Gasteiger charge is 2.30. The topological polar surface area (TPSA) is 32.7 Å². The lowest BCUT2D eigenvalue weighted by Gasteiger charge is -2.26. The van der Waals surface area contributed by atoms with Crippen molar-refractivity contribution in [2.75, 3.05) is 20.1 Å². The van der Waals surface area contributed by atoms with Crippen LogP contribution in [0.4, 0.5) is 0 Å². The molecule has 2 aromatic rings. The van der Waals surface area contributed by atoms with Crippen molar-refractivity contribution in [3.63, 3.8) is 0 Å². The van der Waals surface area contributed by atoms with E-state index in [1.165, 1.54) is 42.5 Å². The molecule has 2 aromatic carbocycles. The van der Waals surface area contributed by atoms with Crippen LogP contribution in [-0.2, 0) is 17.6 Å². The summed E-state index contributed by atoms with van der Waals surface area (Å²) in [5.41, 5.74) is 6.88. The van der Waals surface area contributed by atoms with Crippen molar-refractivity contribution >= 4 is 11.5 Å². The van der Waals surface area contributed by atoms with Crippen LogP contribution in [0.25, 0.3) is 0 Å². The molecule has 0 bridgehead atoms. The molecule has 0 heterocycles. The Bertz CT molecular complexity index is 1200. The Labute approximate surface area is 250 Å². The lowest BCUT2D eigenvalue weighted by Crippen LogP contribution is -2.21. The van der Waals surface area contributed by atoms with Gasteiger partial charge in [0.1, 0.15) is 0 Å². The number of allylic oxidation sites excluding steroid dienone is 4. The number of carbonyl (C=O) groups is 1. The Morgan fingerprint density at radius 2 is 1.68 bits per heavy atom. The van der Waals surface area contributed by atoms with Crippen LogP contribution >= 0.6 is 0 Å². The summed E-state index contributed by atoms with van der Waals surface area (Å²) in [5.74, 6) is 0.619. The third-order valence-corrected chi connectivity index (χ3v) is 8.20. The molecule has 41 heavy (non-hydrogen) atoms. The zero-order valence-electron chi connectivity index (χ0n) is 26.4. The molecule has 0 N–H and O–H groups in total. The van der Waals surface area contributed by atoms with E-state index < -0.39 is 0 Å². The average Bonchev–Trinajstić information content (AvgIpc) is 3.11. The van der Waals surface area contributed by atoms with E-state index >= 15 is 0 Å². The van der Waals surface area contributed by atoms with Gasteiger partial charge in [-0.2, -0.15) is 0 Å². The van der Waals surface area contributed by atoms with Gasteiger partial charge in [0, 0.05) is 18.1 Å². The average molecular weight is 553 g/mol. The minimum Gasteiger partial charge on any atom is -0.306 e. The number of ketones is 1. The van der Waals surface area contributed by atoms with Crippen molar-refractivity contribution in [3.05, 3.63) is 107 Å². The number of hydrogen-bond donors (Lipinski definition) is 0. The number of nitrogens with zero attached hydrogens (tertiary/aromatic N) is 2. The summed E-state index contributed by atoms with van der Waals surface area (Å²) in [4.78, 5) is 21.1. The molecule has 220 valence electrons. The van der Waals surface area contributed by atoms with Gasteiger partial charge in [0.05, 0.1) is 5.70 Å². The summed E-state index contributed by atoms with van der Waals surface area (Å²) in [5, 5.41) is 0. The fourth-order valence-corrected chi connectivity index (χ4v) is 6.02. The maximum Gasteiger partial charge on any atom is 0.163 e. The van der Waals surface area contributed by atoms with Gasteiger partial charge in [0.2, 0.25) is 0 Å². The molecular formula is C38H52N2O. The van der Waals surface area contributed by atoms with Gasteiger partial charge in [-0.05, 0) is 112 Å². The fraction of sp³-hybridized carbons (Fsp3) is 0.474. The molecule has 0 radical (unpaired) electrons. The maximum atomic E-state index is 13.5. The Morgan fingerprint density at radius 3 is 2.34 bits per heavy atom. The highest BCUT2D eigenvalue weighted by molar-refractivity contribution is 5.95. The fourth-order valence-electron chi connectivity index (χ4n) is 6.02. The number of hydrogen-bond acceptors (Lipinski definition) is 3. The second kappa shape index (κ2) is 17.0. The predicted octanol–water partition coefficient (Wildman–Crippen LogP) is 9.16. The van der Waals surface area contributed by atoms with E-state index in [0.717, 1.165) is 49.2 Å². The largest absolute Gasteiger partial charge is 0.306 e. The SMILES string of the molecule is C/C=C1/C=CC(=O)C(C(CC(C)CCC)c2ccccc2)C=C1N=C(C)Cc1ccc(CCCN(C)CCC)cc1. The van der Waals surface area contributed by atoms with Crippen molar-refractivity contribution in [2.45, 2.75) is 85.5 Å². The lowest BCUT2D eigenvalue weighted by atomic mass is 9.77. The summed E-state index contributed by atoms with van der Waals surface area (Å²) < 4.78 is 0. The molecule has 0 aliphatic heterocycles. The van der Waals surface area contributed by atoms with E-state index in [1.807, 2.05) is 13.0 Å². The van der Waals surface area contributed by atoms with Crippen LogP contribution in [0.2, 0.25) is 0 Å². The highest BCUT2D eigenvalue weighted by Crippen LogP contribution is 2.37. The summed E-state index contributed by atoms with van der Waals surface area (Å²) in [6.07, 6.45) is 15.6. The van der Waals surface area contributed by atoms with Crippen LogP contribution in [0.15, 0.2) is 95.2 Å². The zero-order chi connectivity index (χ0) is 29.6. The Morgan fingerprint density at radius 1 is 0.976 bits per heavy atom. The van der Waals surface area contributed by atoms with Crippen molar-refractivity contribution in [1.82, 2.24) is 4.90 Å². The molecule has 1 aliphatic carbocycles. The van der Waals surface area contributed by atoms with Crippen LogP contribution in [0, 0.1) is 11.8 Å². The molecule has 0 saturated carbocycles.